The molecule has 0 bridgehead atoms. The van der Waals surface area contributed by atoms with E-state index in [0.717, 1.165) is 25.3 Å². The molecule has 0 aliphatic carbocycles. The van der Waals surface area contributed by atoms with Crippen LogP contribution in [0.3, 0.4) is 0 Å². The average Bonchev–Trinajstić information content (AvgIpc) is 2.49. The van der Waals surface area contributed by atoms with Crippen LogP contribution in [0, 0.1) is 0 Å². The van der Waals surface area contributed by atoms with Crippen molar-refractivity contribution >= 4 is 0 Å². The Bertz CT molecular complexity index is 268. The van der Waals surface area contributed by atoms with Crippen molar-refractivity contribution in [2.45, 2.75) is 25.9 Å². The van der Waals surface area contributed by atoms with Crippen LogP contribution in [0.15, 0.2) is 6.33 Å². The zero-order chi connectivity index (χ0) is 10.6. The van der Waals surface area contributed by atoms with Gasteiger partial charge in [0.25, 0.3) is 0 Å². The van der Waals surface area contributed by atoms with E-state index < -0.39 is 0 Å². The summed E-state index contributed by atoms with van der Waals surface area (Å²) >= 11 is 0. The Balaban J connectivity index is 2.34. The molecule has 5 nitrogen and oxygen atoms in total. The van der Waals surface area contributed by atoms with Gasteiger partial charge in [-0.15, -0.1) is 0 Å². The van der Waals surface area contributed by atoms with Gasteiger partial charge in [-0.3, -0.25) is 9.58 Å². The number of hydrogen-bond donors (Lipinski definition) is 1. The molecule has 1 heterocycles. The first-order valence-electron chi connectivity index (χ1n) is 4.86. The molecule has 1 rings (SSSR count). The molecule has 0 spiro atoms. The number of nitrogens with two attached hydrogens (primary N) is 1. The minimum atomic E-state index is 0.261. The lowest BCUT2D eigenvalue weighted by Gasteiger charge is -2.16. The molecule has 1 aromatic heterocycles. The second kappa shape index (κ2) is 5.07. The third kappa shape index (κ3) is 3.43. The standard InChI is InChI=1S/C9H19N5/c1-8(10)4-5-13(2)6-9-11-7-12-14(9)3/h7-8H,4-6,10H2,1-3H3. The first-order chi connectivity index (χ1) is 6.59. The Kier molecular flexibility index (Phi) is 4.03. The van der Waals surface area contributed by atoms with Crippen molar-refractivity contribution in [2.24, 2.45) is 12.8 Å². The highest BCUT2D eigenvalue weighted by molar-refractivity contribution is 4.82. The summed E-state index contributed by atoms with van der Waals surface area (Å²) in [5.74, 6) is 0.983. The molecular formula is C9H19N5. The van der Waals surface area contributed by atoms with Gasteiger partial charge in [0.2, 0.25) is 0 Å². The normalized spacial score (nSPS) is 13.5. The second-order valence-electron chi connectivity index (χ2n) is 3.80. The minimum Gasteiger partial charge on any atom is -0.328 e. The van der Waals surface area contributed by atoms with Crippen LogP contribution in [-0.4, -0.2) is 39.3 Å². The van der Waals surface area contributed by atoms with Gasteiger partial charge in [-0.1, -0.05) is 0 Å². The Morgan fingerprint density at radius 2 is 2.36 bits per heavy atom. The lowest BCUT2D eigenvalue weighted by molar-refractivity contribution is 0.301. The monoisotopic (exact) mass is 197 g/mol. The third-order valence-corrected chi connectivity index (χ3v) is 2.18. The van der Waals surface area contributed by atoms with Crippen molar-refractivity contribution in [1.82, 2.24) is 19.7 Å². The highest BCUT2D eigenvalue weighted by Gasteiger charge is 2.05. The van der Waals surface area contributed by atoms with E-state index in [2.05, 4.69) is 22.0 Å². The zero-order valence-corrected chi connectivity index (χ0v) is 9.14. The van der Waals surface area contributed by atoms with Crippen LogP contribution < -0.4 is 5.73 Å². The Morgan fingerprint density at radius 1 is 1.64 bits per heavy atom. The summed E-state index contributed by atoms with van der Waals surface area (Å²) in [6, 6.07) is 0.261. The fourth-order valence-corrected chi connectivity index (χ4v) is 1.21. The fourth-order valence-electron chi connectivity index (χ4n) is 1.21. The van der Waals surface area contributed by atoms with Gasteiger partial charge in [-0.25, -0.2) is 4.98 Å². The molecule has 0 saturated carbocycles. The van der Waals surface area contributed by atoms with Crippen LogP contribution in [0.5, 0.6) is 0 Å². The van der Waals surface area contributed by atoms with E-state index in [0.29, 0.717) is 0 Å². The van der Waals surface area contributed by atoms with E-state index in [1.165, 1.54) is 0 Å². The maximum Gasteiger partial charge on any atom is 0.140 e. The molecule has 0 aliphatic rings. The molecule has 0 amide bonds. The maximum absolute atomic E-state index is 5.68. The average molecular weight is 197 g/mol. The largest absolute Gasteiger partial charge is 0.328 e. The molecule has 1 atom stereocenters. The quantitative estimate of drug-likeness (QED) is 0.721. The molecule has 14 heavy (non-hydrogen) atoms. The molecule has 80 valence electrons. The van der Waals surface area contributed by atoms with E-state index in [4.69, 9.17) is 5.73 Å². The van der Waals surface area contributed by atoms with Crippen LogP contribution in [0.4, 0.5) is 0 Å². The van der Waals surface area contributed by atoms with E-state index in [1.54, 1.807) is 11.0 Å². The fraction of sp³-hybridized carbons (Fsp3) is 0.778. The summed E-state index contributed by atoms with van der Waals surface area (Å²) in [7, 11) is 3.97. The van der Waals surface area contributed by atoms with Crippen molar-refractivity contribution in [3.63, 3.8) is 0 Å². The van der Waals surface area contributed by atoms with Gasteiger partial charge >= 0.3 is 0 Å². The molecule has 2 N–H and O–H groups in total. The molecule has 0 aromatic carbocycles. The lowest BCUT2D eigenvalue weighted by Crippen LogP contribution is -2.26. The predicted molar refractivity (Wildman–Crippen MR) is 55.6 cm³/mol. The Labute approximate surface area is 84.9 Å². The number of aryl methyl sites for hydroxylation is 1. The summed E-state index contributed by atoms with van der Waals surface area (Å²) in [5, 5.41) is 4.02. The van der Waals surface area contributed by atoms with Crippen LogP contribution in [0.1, 0.15) is 19.2 Å². The summed E-state index contributed by atoms with van der Waals surface area (Å²) in [6.07, 6.45) is 2.59. The Hall–Kier alpha value is -0.940. The van der Waals surface area contributed by atoms with Gasteiger partial charge in [0.15, 0.2) is 0 Å². The number of rotatable bonds is 5. The van der Waals surface area contributed by atoms with E-state index in [9.17, 15) is 0 Å². The van der Waals surface area contributed by atoms with Gasteiger partial charge in [0.1, 0.15) is 12.2 Å². The first-order valence-corrected chi connectivity index (χ1v) is 4.86. The number of nitrogens with zero attached hydrogens (tertiary/aromatic N) is 4. The van der Waals surface area contributed by atoms with Crippen molar-refractivity contribution in [3.8, 4) is 0 Å². The molecule has 0 saturated heterocycles. The van der Waals surface area contributed by atoms with Crippen LogP contribution in [-0.2, 0) is 13.6 Å². The highest BCUT2D eigenvalue weighted by Crippen LogP contribution is 1.98. The summed E-state index contributed by atoms with van der Waals surface area (Å²) in [6.45, 7) is 3.84. The van der Waals surface area contributed by atoms with Gasteiger partial charge in [-0.05, 0) is 26.9 Å². The van der Waals surface area contributed by atoms with Gasteiger partial charge in [0.05, 0.1) is 6.54 Å². The van der Waals surface area contributed by atoms with E-state index in [1.807, 2.05) is 14.0 Å². The smallest absolute Gasteiger partial charge is 0.140 e. The van der Waals surface area contributed by atoms with Crippen molar-refractivity contribution < 1.29 is 0 Å². The van der Waals surface area contributed by atoms with E-state index in [-0.39, 0.29) is 6.04 Å². The number of hydrogen-bond acceptors (Lipinski definition) is 4. The van der Waals surface area contributed by atoms with Gasteiger partial charge in [0, 0.05) is 13.1 Å². The number of aromatic nitrogens is 3. The molecular weight excluding hydrogens is 178 g/mol. The van der Waals surface area contributed by atoms with Gasteiger partial charge < -0.3 is 5.73 Å². The lowest BCUT2D eigenvalue weighted by atomic mass is 10.2. The zero-order valence-electron chi connectivity index (χ0n) is 9.14. The molecule has 0 fully saturated rings. The molecule has 1 aromatic rings. The van der Waals surface area contributed by atoms with Crippen molar-refractivity contribution in [1.29, 1.82) is 0 Å². The summed E-state index contributed by atoms with van der Waals surface area (Å²) < 4.78 is 1.79. The summed E-state index contributed by atoms with van der Waals surface area (Å²) in [4.78, 5) is 6.36. The van der Waals surface area contributed by atoms with Crippen molar-refractivity contribution in [3.05, 3.63) is 12.2 Å². The molecule has 0 radical (unpaired) electrons. The van der Waals surface area contributed by atoms with E-state index >= 15 is 0 Å². The van der Waals surface area contributed by atoms with Crippen LogP contribution in [0.2, 0.25) is 0 Å². The van der Waals surface area contributed by atoms with Gasteiger partial charge in [-0.2, -0.15) is 5.10 Å². The predicted octanol–water partition coefficient (Wildman–Crippen LogP) is -0.0158. The first kappa shape index (κ1) is 11.1. The summed E-state index contributed by atoms with van der Waals surface area (Å²) in [5.41, 5.74) is 5.68. The van der Waals surface area contributed by atoms with Crippen LogP contribution in [0.25, 0.3) is 0 Å². The maximum atomic E-state index is 5.68. The minimum absolute atomic E-state index is 0.261. The third-order valence-electron chi connectivity index (χ3n) is 2.18. The van der Waals surface area contributed by atoms with Crippen LogP contribution >= 0.6 is 0 Å². The Morgan fingerprint density at radius 3 is 2.86 bits per heavy atom. The molecule has 5 heteroatoms. The second-order valence-corrected chi connectivity index (χ2v) is 3.80. The molecule has 0 aliphatic heterocycles. The molecule has 1 unspecified atom stereocenters. The van der Waals surface area contributed by atoms with Crippen molar-refractivity contribution in [2.75, 3.05) is 13.6 Å². The SMILES string of the molecule is CC(N)CCN(C)Cc1ncnn1C. The topological polar surface area (TPSA) is 60.0 Å². The highest BCUT2D eigenvalue weighted by atomic mass is 15.3.